The highest BCUT2D eigenvalue weighted by molar-refractivity contribution is 6.03. The van der Waals surface area contributed by atoms with Gasteiger partial charge < -0.3 is 19.4 Å². The van der Waals surface area contributed by atoms with Crippen molar-refractivity contribution in [3.8, 4) is 39.4 Å². The lowest BCUT2D eigenvalue weighted by atomic mass is 9.93. The predicted octanol–water partition coefficient (Wildman–Crippen LogP) is 3.88. The zero-order valence-corrected chi connectivity index (χ0v) is 16.6. The molecule has 0 aliphatic heterocycles. The molecule has 0 bridgehead atoms. The SMILES string of the molecule is Cc1noc(C)c1-c1c(-c2ccc(O)cc2)c(-c2ccn(C)n2)n(C)c1C=NO. The van der Waals surface area contributed by atoms with Gasteiger partial charge in [0, 0.05) is 31.4 Å². The molecular weight excluding hydrogens is 370 g/mol. The van der Waals surface area contributed by atoms with Crippen LogP contribution in [0.4, 0.5) is 0 Å². The fraction of sp³-hybridized carbons (Fsp3) is 0.190. The Kier molecular flexibility index (Phi) is 4.46. The van der Waals surface area contributed by atoms with Crippen LogP contribution in [0, 0.1) is 13.8 Å². The zero-order valence-electron chi connectivity index (χ0n) is 16.6. The molecule has 0 fully saturated rings. The average Bonchev–Trinajstić information content (AvgIpc) is 3.34. The van der Waals surface area contributed by atoms with E-state index in [9.17, 15) is 10.3 Å². The van der Waals surface area contributed by atoms with E-state index >= 15 is 0 Å². The first-order valence-corrected chi connectivity index (χ1v) is 9.05. The minimum atomic E-state index is 0.181. The molecule has 148 valence electrons. The molecular formula is C21H21N5O3. The Morgan fingerprint density at radius 3 is 2.31 bits per heavy atom. The number of phenols is 1. The van der Waals surface area contributed by atoms with Crippen LogP contribution in [0.5, 0.6) is 5.75 Å². The normalized spacial score (nSPS) is 11.6. The summed E-state index contributed by atoms with van der Waals surface area (Å²) in [5.74, 6) is 0.841. The molecule has 1 aromatic carbocycles. The zero-order chi connectivity index (χ0) is 20.7. The monoisotopic (exact) mass is 391 g/mol. The Hall–Kier alpha value is -3.81. The summed E-state index contributed by atoms with van der Waals surface area (Å²) < 4.78 is 9.10. The summed E-state index contributed by atoms with van der Waals surface area (Å²) in [6.07, 6.45) is 3.27. The maximum absolute atomic E-state index is 9.78. The first-order valence-electron chi connectivity index (χ1n) is 9.05. The van der Waals surface area contributed by atoms with Crippen molar-refractivity contribution >= 4 is 6.21 Å². The average molecular weight is 391 g/mol. The quantitative estimate of drug-likeness (QED) is 0.312. The van der Waals surface area contributed by atoms with Crippen molar-refractivity contribution in [1.82, 2.24) is 19.5 Å². The maximum Gasteiger partial charge on any atom is 0.141 e. The lowest BCUT2D eigenvalue weighted by Crippen LogP contribution is -2.00. The van der Waals surface area contributed by atoms with E-state index in [4.69, 9.17) is 4.52 Å². The van der Waals surface area contributed by atoms with E-state index in [1.54, 1.807) is 16.8 Å². The van der Waals surface area contributed by atoms with Gasteiger partial charge >= 0.3 is 0 Å². The summed E-state index contributed by atoms with van der Waals surface area (Å²) in [6, 6.07) is 8.90. The van der Waals surface area contributed by atoms with Crippen molar-refractivity contribution in [2.75, 3.05) is 0 Å². The number of oxime groups is 1. The Labute approximate surface area is 167 Å². The van der Waals surface area contributed by atoms with Crippen molar-refractivity contribution in [1.29, 1.82) is 0 Å². The molecule has 0 radical (unpaired) electrons. The van der Waals surface area contributed by atoms with Crippen LogP contribution in [0.25, 0.3) is 33.6 Å². The smallest absolute Gasteiger partial charge is 0.141 e. The standard InChI is InChI=1S/C21H21N5O3/c1-12-18(13(2)29-24-12)20-17(11-22-28)26(4)21(16-9-10-25(3)23-16)19(20)14-5-7-15(27)8-6-14/h5-11,27-28H,1-4H3. The van der Waals surface area contributed by atoms with Gasteiger partial charge in [-0.25, -0.2) is 0 Å². The van der Waals surface area contributed by atoms with Crippen LogP contribution < -0.4 is 0 Å². The van der Waals surface area contributed by atoms with Gasteiger partial charge in [-0.3, -0.25) is 4.68 Å². The molecule has 0 saturated carbocycles. The summed E-state index contributed by atoms with van der Waals surface area (Å²) in [4.78, 5) is 0. The van der Waals surface area contributed by atoms with Gasteiger partial charge in [0.05, 0.1) is 28.9 Å². The third kappa shape index (κ3) is 2.98. The molecule has 4 aromatic rings. The van der Waals surface area contributed by atoms with Crippen LogP contribution >= 0.6 is 0 Å². The van der Waals surface area contributed by atoms with Gasteiger partial charge in [-0.2, -0.15) is 5.10 Å². The van der Waals surface area contributed by atoms with E-state index in [0.717, 1.165) is 39.3 Å². The minimum absolute atomic E-state index is 0.181. The molecule has 29 heavy (non-hydrogen) atoms. The third-order valence-electron chi connectivity index (χ3n) is 5.02. The Morgan fingerprint density at radius 1 is 1.03 bits per heavy atom. The van der Waals surface area contributed by atoms with Gasteiger partial charge in [-0.05, 0) is 37.6 Å². The number of hydrogen-bond acceptors (Lipinski definition) is 6. The van der Waals surface area contributed by atoms with E-state index in [1.807, 2.05) is 56.9 Å². The van der Waals surface area contributed by atoms with Crippen LogP contribution in [0.1, 0.15) is 17.1 Å². The van der Waals surface area contributed by atoms with E-state index in [2.05, 4.69) is 15.4 Å². The summed E-state index contributed by atoms with van der Waals surface area (Å²) in [5.41, 5.74) is 6.46. The molecule has 0 amide bonds. The number of aryl methyl sites for hydroxylation is 3. The number of aromatic nitrogens is 4. The van der Waals surface area contributed by atoms with Crippen LogP contribution in [-0.4, -0.2) is 36.0 Å². The van der Waals surface area contributed by atoms with E-state index < -0.39 is 0 Å². The second kappa shape index (κ2) is 6.97. The van der Waals surface area contributed by atoms with E-state index in [-0.39, 0.29) is 5.75 Å². The van der Waals surface area contributed by atoms with Gasteiger partial charge in [-0.15, -0.1) is 0 Å². The van der Waals surface area contributed by atoms with E-state index in [1.165, 1.54) is 6.21 Å². The molecule has 0 aliphatic carbocycles. The number of nitrogens with zero attached hydrogens (tertiary/aromatic N) is 5. The second-order valence-electron chi connectivity index (χ2n) is 6.91. The number of aromatic hydroxyl groups is 1. The molecule has 0 unspecified atom stereocenters. The number of phenolic OH excluding ortho intramolecular Hbond substituents is 1. The fourth-order valence-corrected chi connectivity index (χ4v) is 3.75. The molecule has 0 spiro atoms. The molecule has 2 N–H and O–H groups in total. The highest BCUT2D eigenvalue weighted by atomic mass is 16.5. The minimum Gasteiger partial charge on any atom is -0.508 e. The fourth-order valence-electron chi connectivity index (χ4n) is 3.75. The highest BCUT2D eigenvalue weighted by Crippen LogP contribution is 2.45. The lowest BCUT2D eigenvalue weighted by molar-refractivity contribution is 0.321. The van der Waals surface area contributed by atoms with Crippen molar-refractivity contribution in [3.05, 3.63) is 53.7 Å². The molecule has 0 atom stereocenters. The summed E-state index contributed by atoms with van der Waals surface area (Å²) >= 11 is 0. The molecule has 0 aliphatic rings. The van der Waals surface area contributed by atoms with Crippen molar-refractivity contribution in [2.45, 2.75) is 13.8 Å². The molecule has 4 rings (SSSR count). The maximum atomic E-state index is 9.78. The molecule has 8 nitrogen and oxygen atoms in total. The van der Waals surface area contributed by atoms with Crippen molar-refractivity contribution < 1.29 is 14.8 Å². The number of rotatable bonds is 4. The largest absolute Gasteiger partial charge is 0.508 e. The van der Waals surface area contributed by atoms with Gasteiger partial charge in [0.15, 0.2) is 0 Å². The van der Waals surface area contributed by atoms with E-state index in [0.29, 0.717) is 11.5 Å². The summed E-state index contributed by atoms with van der Waals surface area (Å²) in [6.45, 7) is 3.73. The number of hydrogen-bond donors (Lipinski definition) is 2. The van der Waals surface area contributed by atoms with Gasteiger partial charge in [0.1, 0.15) is 17.2 Å². The van der Waals surface area contributed by atoms with Gasteiger partial charge in [0.2, 0.25) is 0 Å². The molecule has 3 aromatic heterocycles. The first kappa shape index (κ1) is 18.5. The molecule has 3 heterocycles. The third-order valence-corrected chi connectivity index (χ3v) is 5.02. The predicted molar refractivity (Wildman–Crippen MR) is 109 cm³/mol. The molecule has 0 saturated heterocycles. The van der Waals surface area contributed by atoms with Crippen molar-refractivity contribution in [2.24, 2.45) is 19.3 Å². The van der Waals surface area contributed by atoms with Crippen LogP contribution in [0.3, 0.4) is 0 Å². The highest BCUT2D eigenvalue weighted by Gasteiger charge is 2.28. The molecule has 8 heteroatoms. The Bertz CT molecular complexity index is 1190. The number of benzene rings is 1. The van der Waals surface area contributed by atoms with Crippen LogP contribution in [0.15, 0.2) is 46.2 Å². The van der Waals surface area contributed by atoms with Gasteiger partial charge in [-0.1, -0.05) is 22.4 Å². The van der Waals surface area contributed by atoms with Crippen LogP contribution in [0.2, 0.25) is 0 Å². The van der Waals surface area contributed by atoms with Crippen molar-refractivity contribution in [3.63, 3.8) is 0 Å². The first-order chi connectivity index (χ1) is 13.9. The summed E-state index contributed by atoms with van der Waals surface area (Å²) in [7, 11) is 3.75. The second-order valence-corrected chi connectivity index (χ2v) is 6.91. The lowest BCUT2D eigenvalue weighted by Gasteiger charge is -2.08. The Morgan fingerprint density at radius 2 is 1.76 bits per heavy atom. The topological polar surface area (TPSA) is 102 Å². The Balaban J connectivity index is 2.17. The van der Waals surface area contributed by atoms with Crippen LogP contribution in [-0.2, 0) is 14.1 Å². The summed E-state index contributed by atoms with van der Waals surface area (Å²) in [5, 5.41) is 31.1. The van der Waals surface area contributed by atoms with Gasteiger partial charge in [0.25, 0.3) is 0 Å².